The monoisotopic (exact) mass is 264 g/mol. The first-order chi connectivity index (χ1) is 8.56. The first-order valence-electron chi connectivity index (χ1n) is 5.80. The Kier molecular flexibility index (Phi) is 3.76. The Bertz CT molecular complexity index is 544. The van der Waals surface area contributed by atoms with E-state index in [1.54, 1.807) is 22.1 Å². The molecule has 18 heavy (non-hydrogen) atoms. The molecule has 1 amide bonds. The minimum absolute atomic E-state index is 0.167. The van der Waals surface area contributed by atoms with E-state index in [0.717, 1.165) is 10.7 Å². The van der Waals surface area contributed by atoms with Gasteiger partial charge in [0.25, 0.3) is 5.91 Å². The Hall–Kier alpha value is -1.69. The summed E-state index contributed by atoms with van der Waals surface area (Å²) in [7, 11) is 0. The number of thiazole rings is 1. The molecule has 0 radical (unpaired) electrons. The fourth-order valence-corrected chi connectivity index (χ4v) is 2.11. The number of carbonyl (C=O) groups excluding carboxylic acids is 1. The van der Waals surface area contributed by atoms with Crippen molar-refractivity contribution in [3.8, 4) is 0 Å². The lowest BCUT2D eigenvalue weighted by Gasteiger charge is -2.04. The minimum Gasteiger partial charge on any atom is -0.345 e. The summed E-state index contributed by atoms with van der Waals surface area (Å²) in [6.07, 6.45) is 1.81. The Morgan fingerprint density at radius 2 is 2.33 bits per heavy atom. The number of aryl methyl sites for hydroxylation is 1. The summed E-state index contributed by atoms with van der Waals surface area (Å²) in [4.78, 5) is 16.1. The number of nitrogens with one attached hydrogen (secondary N) is 1. The van der Waals surface area contributed by atoms with E-state index >= 15 is 0 Å². The second kappa shape index (κ2) is 5.30. The second-order valence-corrected chi connectivity index (χ2v) is 5.38. The largest absolute Gasteiger partial charge is 0.345 e. The third-order valence-corrected chi connectivity index (χ3v) is 3.29. The van der Waals surface area contributed by atoms with E-state index in [-0.39, 0.29) is 11.9 Å². The highest BCUT2D eigenvalue weighted by Crippen LogP contribution is 2.08. The predicted molar refractivity (Wildman–Crippen MR) is 70.6 cm³/mol. The zero-order chi connectivity index (χ0) is 13.1. The summed E-state index contributed by atoms with van der Waals surface area (Å²) < 4.78 is 1.77. The summed E-state index contributed by atoms with van der Waals surface area (Å²) in [6.45, 7) is 6.43. The molecular formula is C12H16N4OS. The summed E-state index contributed by atoms with van der Waals surface area (Å²) >= 11 is 1.58. The van der Waals surface area contributed by atoms with Crippen LogP contribution in [0.5, 0.6) is 0 Å². The zero-order valence-corrected chi connectivity index (χ0v) is 11.5. The van der Waals surface area contributed by atoms with Crippen LogP contribution in [0.15, 0.2) is 17.6 Å². The summed E-state index contributed by atoms with van der Waals surface area (Å²) in [5, 5.41) is 9.97. The Morgan fingerprint density at radius 3 is 2.89 bits per heavy atom. The molecule has 0 bridgehead atoms. The molecule has 6 heteroatoms. The SMILES string of the molecule is Cc1nc(CNC(=O)c2ccn(C(C)C)n2)cs1. The first-order valence-corrected chi connectivity index (χ1v) is 6.68. The van der Waals surface area contributed by atoms with E-state index in [0.29, 0.717) is 12.2 Å². The van der Waals surface area contributed by atoms with Gasteiger partial charge in [0.1, 0.15) is 5.69 Å². The van der Waals surface area contributed by atoms with Crippen molar-refractivity contribution in [2.75, 3.05) is 0 Å². The molecule has 0 unspecified atom stereocenters. The van der Waals surface area contributed by atoms with Crippen LogP contribution in [0.2, 0.25) is 0 Å². The molecule has 0 aliphatic rings. The molecule has 0 saturated carbocycles. The minimum atomic E-state index is -0.167. The number of amides is 1. The normalized spacial score (nSPS) is 10.9. The van der Waals surface area contributed by atoms with Crippen LogP contribution < -0.4 is 5.32 Å². The van der Waals surface area contributed by atoms with E-state index in [2.05, 4.69) is 15.4 Å². The smallest absolute Gasteiger partial charge is 0.272 e. The number of rotatable bonds is 4. The Balaban J connectivity index is 1.95. The van der Waals surface area contributed by atoms with Crippen molar-refractivity contribution in [3.63, 3.8) is 0 Å². The van der Waals surface area contributed by atoms with Crippen LogP contribution in [-0.2, 0) is 6.54 Å². The maximum absolute atomic E-state index is 11.8. The van der Waals surface area contributed by atoms with E-state index in [1.807, 2.05) is 32.3 Å². The number of nitrogens with zero attached hydrogens (tertiary/aromatic N) is 3. The molecule has 0 aliphatic heterocycles. The van der Waals surface area contributed by atoms with Gasteiger partial charge in [-0.1, -0.05) is 0 Å². The average Bonchev–Trinajstić information content (AvgIpc) is 2.94. The van der Waals surface area contributed by atoms with Crippen molar-refractivity contribution >= 4 is 17.2 Å². The van der Waals surface area contributed by atoms with Gasteiger partial charge in [-0.05, 0) is 26.8 Å². The van der Waals surface area contributed by atoms with Crippen molar-refractivity contribution in [1.29, 1.82) is 0 Å². The molecule has 2 rings (SSSR count). The van der Waals surface area contributed by atoms with Crippen LogP contribution in [0.4, 0.5) is 0 Å². The van der Waals surface area contributed by atoms with Gasteiger partial charge in [0.2, 0.25) is 0 Å². The molecule has 2 aromatic heterocycles. The van der Waals surface area contributed by atoms with E-state index in [4.69, 9.17) is 0 Å². The highest BCUT2D eigenvalue weighted by molar-refractivity contribution is 7.09. The van der Waals surface area contributed by atoms with Crippen LogP contribution >= 0.6 is 11.3 Å². The fraction of sp³-hybridized carbons (Fsp3) is 0.417. The quantitative estimate of drug-likeness (QED) is 0.920. The van der Waals surface area contributed by atoms with Crippen molar-refractivity contribution < 1.29 is 4.79 Å². The summed E-state index contributed by atoms with van der Waals surface area (Å²) in [5.74, 6) is -0.167. The zero-order valence-electron chi connectivity index (χ0n) is 10.7. The number of hydrogen-bond acceptors (Lipinski definition) is 4. The highest BCUT2D eigenvalue weighted by Gasteiger charge is 2.10. The maximum atomic E-state index is 11.8. The average molecular weight is 264 g/mol. The molecule has 0 aromatic carbocycles. The van der Waals surface area contributed by atoms with Gasteiger partial charge in [0.05, 0.1) is 17.2 Å². The van der Waals surface area contributed by atoms with Gasteiger partial charge in [0, 0.05) is 17.6 Å². The topological polar surface area (TPSA) is 59.8 Å². The molecular weight excluding hydrogens is 248 g/mol. The van der Waals surface area contributed by atoms with Crippen molar-refractivity contribution in [1.82, 2.24) is 20.1 Å². The fourth-order valence-electron chi connectivity index (χ4n) is 1.50. The van der Waals surface area contributed by atoms with Crippen LogP contribution in [0, 0.1) is 6.92 Å². The number of aromatic nitrogens is 3. The van der Waals surface area contributed by atoms with E-state index in [1.165, 1.54) is 0 Å². The van der Waals surface area contributed by atoms with Gasteiger partial charge in [-0.2, -0.15) is 5.10 Å². The molecule has 0 aliphatic carbocycles. The molecule has 2 heterocycles. The van der Waals surface area contributed by atoms with Gasteiger partial charge >= 0.3 is 0 Å². The third-order valence-electron chi connectivity index (χ3n) is 2.47. The third kappa shape index (κ3) is 2.95. The van der Waals surface area contributed by atoms with Crippen LogP contribution in [0.1, 0.15) is 41.1 Å². The molecule has 0 spiro atoms. The molecule has 96 valence electrons. The van der Waals surface area contributed by atoms with Gasteiger partial charge in [-0.15, -0.1) is 11.3 Å². The number of carbonyl (C=O) groups is 1. The molecule has 0 saturated heterocycles. The van der Waals surface area contributed by atoms with Gasteiger partial charge < -0.3 is 5.32 Å². The molecule has 0 fully saturated rings. The lowest BCUT2D eigenvalue weighted by atomic mass is 10.4. The van der Waals surface area contributed by atoms with Crippen LogP contribution in [0.3, 0.4) is 0 Å². The standard InChI is InChI=1S/C12H16N4OS/c1-8(2)16-5-4-11(15-16)12(17)13-6-10-7-18-9(3)14-10/h4-5,7-8H,6H2,1-3H3,(H,13,17). The van der Waals surface area contributed by atoms with Gasteiger partial charge in [-0.25, -0.2) is 4.98 Å². The molecule has 0 atom stereocenters. The molecule has 5 nitrogen and oxygen atoms in total. The van der Waals surface area contributed by atoms with E-state index in [9.17, 15) is 4.79 Å². The Labute approximate surface area is 110 Å². The lowest BCUT2D eigenvalue weighted by molar-refractivity contribution is 0.0944. The maximum Gasteiger partial charge on any atom is 0.272 e. The summed E-state index contributed by atoms with van der Waals surface area (Å²) in [5.41, 5.74) is 1.32. The van der Waals surface area contributed by atoms with Gasteiger partial charge in [0.15, 0.2) is 0 Å². The van der Waals surface area contributed by atoms with Gasteiger partial charge in [-0.3, -0.25) is 9.48 Å². The highest BCUT2D eigenvalue weighted by atomic mass is 32.1. The van der Waals surface area contributed by atoms with Crippen LogP contribution in [-0.4, -0.2) is 20.7 Å². The van der Waals surface area contributed by atoms with Crippen molar-refractivity contribution in [3.05, 3.63) is 34.0 Å². The summed E-state index contributed by atoms with van der Waals surface area (Å²) in [6, 6.07) is 1.98. The van der Waals surface area contributed by atoms with Crippen LogP contribution in [0.25, 0.3) is 0 Å². The number of hydrogen-bond donors (Lipinski definition) is 1. The van der Waals surface area contributed by atoms with E-state index < -0.39 is 0 Å². The molecule has 1 N–H and O–H groups in total. The second-order valence-electron chi connectivity index (χ2n) is 4.32. The predicted octanol–water partition coefficient (Wildman–Crippen LogP) is 2.16. The lowest BCUT2D eigenvalue weighted by Crippen LogP contribution is -2.23. The van der Waals surface area contributed by atoms with Crippen molar-refractivity contribution in [2.24, 2.45) is 0 Å². The first kappa shape index (κ1) is 12.8. The molecule has 2 aromatic rings. The Morgan fingerprint density at radius 1 is 1.56 bits per heavy atom. The van der Waals surface area contributed by atoms with Crippen molar-refractivity contribution in [2.45, 2.75) is 33.4 Å².